The van der Waals surface area contributed by atoms with Crippen LogP contribution in [0.3, 0.4) is 0 Å². The molecule has 0 spiro atoms. The van der Waals surface area contributed by atoms with Crippen molar-refractivity contribution in [1.82, 2.24) is 10.6 Å². The lowest BCUT2D eigenvalue weighted by Gasteiger charge is -2.12. The van der Waals surface area contributed by atoms with Gasteiger partial charge in [0.1, 0.15) is 0 Å². The van der Waals surface area contributed by atoms with Gasteiger partial charge in [-0.2, -0.15) is 0 Å². The Morgan fingerprint density at radius 1 is 1.35 bits per heavy atom. The number of nitrogens with zero attached hydrogens (tertiary/aromatic N) is 1. The maximum atomic E-state index is 6.18. The number of aliphatic imine (C=N–C) groups is 1. The van der Waals surface area contributed by atoms with E-state index in [1.165, 1.54) is 0 Å². The van der Waals surface area contributed by atoms with Crippen LogP contribution >= 0.6 is 35.6 Å². The summed E-state index contributed by atoms with van der Waals surface area (Å²) >= 11 is 6.18. The molecule has 2 rings (SSSR count). The SMILES string of the molecule is CCNC(=NCCCOCC1CCOC1)NCCc1ccccc1Cl.I. The van der Waals surface area contributed by atoms with Gasteiger partial charge in [-0.05, 0) is 37.8 Å². The van der Waals surface area contributed by atoms with Crippen LogP contribution in [-0.4, -0.2) is 52.0 Å². The standard InChI is InChI=1S/C19H30ClN3O2.HI/c1-2-21-19(23-11-8-17-6-3-4-7-18(17)20)22-10-5-12-24-14-16-9-13-25-15-16;/h3-4,6-7,16H,2,5,8-15H2,1H3,(H2,21,22,23);1H. The summed E-state index contributed by atoms with van der Waals surface area (Å²) in [6.07, 6.45) is 2.92. The van der Waals surface area contributed by atoms with Crippen molar-refractivity contribution in [2.45, 2.75) is 26.2 Å². The topological polar surface area (TPSA) is 54.9 Å². The minimum atomic E-state index is 0. The molecule has 5 nitrogen and oxygen atoms in total. The second-order valence-electron chi connectivity index (χ2n) is 6.19. The third-order valence-electron chi connectivity index (χ3n) is 4.08. The molecule has 1 fully saturated rings. The van der Waals surface area contributed by atoms with E-state index in [1.807, 2.05) is 18.2 Å². The quantitative estimate of drug-likeness (QED) is 0.226. The predicted molar refractivity (Wildman–Crippen MR) is 119 cm³/mol. The van der Waals surface area contributed by atoms with Gasteiger partial charge in [-0.15, -0.1) is 24.0 Å². The fraction of sp³-hybridized carbons (Fsp3) is 0.632. The Hall–Kier alpha value is -0.570. The summed E-state index contributed by atoms with van der Waals surface area (Å²) in [6, 6.07) is 7.94. The van der Waals surface area contributed by atoms with Crippen LogP contribution < -0.4 is 10.6 Å². The first kappa shape index (κ1) is 23.5. The largest absolute Gasteiger partial charge is 0.381 e. The molecule has 1 aliphatic heterocycles. The van der Waals surface area contributed by atoms with Gasteiger partial charge in [-0.1, -0.05) is 29.8 Å². The van der Waals surface area contributed by atoms with E-state index >= 15 is 0 Å². The van der Waals surface area contributed by atoms with Gasteiger partial charge in [0.15, 0.2) is 5.96 Å². The molecule has 0 aromatic heterocycles. The average molecular weight is 496 g/mol. The van der Waals surface area contributed by atoms with Crippen molar-refractivity contribution in [3.63, 3.8) is 0 Å². The average Bonchev–Trinajstić information content (AvgIpc) is 3.13. The van der Waals surface area contributed by atoms with Gasteiger partial charge in [0, 0.05) is 43.8 Å². The van der Waals surface area contributed by atoms with Crippen LogP contribution in [0.2, 0.25) is 5.02 Å². The van der Waals surface area contributed by atoms with Gasteiger partial charge in [-0.25, -0.2) is 0 Å². The van der Waals surface area contributed by atoms with Gasteiger partial charge in [-0.3, -0.25) is 4.99 Å². The summed E-state index contributed by atoms with van der Waals surface area (Å²) in [6.45, 7) is 7.74. The first-order chi connectivity index (χ1) is 12.3. The van der Waals surface area contributed by atoms with Crippen molar-refractivity contribution in [2.75, 3.05) is 46.1 Å². The molecule has 0 aliphatic carbocycles. The van der Waals surface area contributed by atoms with E-state index in [2.05, 4.69) is 28.6 Å². The summed E-state index contributed by atoms with van der Waals surface area (Å²) in [7, 11) is 0. The first-order valence-corrected chi connectivity index (χ1v) is 9.58. The van der Waals surface area contributed by atoms with Crippen LogP contribution in [0, 0.1) is 5.92 Å². The number of nitrogens with one attached hydrogen (secondary N) is 2. The van der Waals surface area contributed by atoms with Crippen LogP contribution in [0.1, 0.15) is 25.3 Å². The molecule has 26 heavy (non-hydrogen) atoms. The van der Waals surface area contributed by atoms with Crippen molar-refractivity contribution in [3.05, 3.63) is 34.9 Å². The van der Waals surface area contributed by atoms with E-state index < -0.39 is 0 Å². The van der Waals surface area contributed by atoms with E-state index in [0.29, 0.717) is 5.92 Å². The summed E-state index contributed by atoms with van der Waals surface area (Å²) in [4.78, 5) is 4.59. The lowest BCUT2D eigenvalue weighted by atomic mass is 10.1. The Kier molecular flexibility index (Phi) is 13.1. The molecule has 0 bridgehead atoms. The highest BCUT2D eigenvalue weighted by atomic mass is 127. The van der Waals surface area contributed by atoms with Gasteiger partial charge in [0.05, 0.1) is 13.2 Å². The van der Waals surface area contributed by atoms with E-state index in [9.17, 15) is 0 Å². The van der Waals surface area contributed by atoms with E-state index in [-0.39, 0.29) is 24.0 Å². The van der Waals surface area contributed by atoms with Crippen molar-refractivity contribution >= 4 is 41.5 Å². The molecule has 1 aliphatic rings. The fourth-order valence-corrected chi connectivity index (χ4v) is 2.91. The Labute approximate surface area is 179 Å². The highest BCUT2D eigenvalue weighted by Gasteiger charge is 2.15. The summed E-state index contributed by atoms with van der Waals surface area (Å²) in [5.74, 6) is 1.42. The number of hydrogen-bond donors (Lipinski definition) is 2. The zero-order chi connectivity index (χ0) is 17.7. The maximum Gasteiger partial charge on any atom is 0.191 e. The highest BCUT2D eigenvalue weighted by molar-refractivity contribution is 14.0. The molecule has 1 heterocycles. The number of guanidine groups is 1. The normalized spacial score (nSPS) is 17.0. The van der Waals surface area contributed by atoms with E-state index in [1.54, 1.807) is 0 Å². The lowest BCUT2D eigenvalue weighted by molar-refractivity contribution is 0.0893. The number of benzene rings is 1. The molecule has 0 saturated carbocycles. The van der Waals surface area contributed by atoms with Crippen molar-refractivity contribution in [3.8, 4) is 0 Å². The van der Waals surface area contributed by atoms with Gasteiger partial charge < -0.3 is 20.1 Å². The second kappa shape index (κ2) is 14.5. The molecule has 7 heteroatoms. The van der Waals surface area contributed by atoms with Crippen LogP contribution in [0.4, 0.5) is 0 Å². The Balaban J connectivity index is 0.00000338. The zero-order valence-corrected chi connectivity index (χ0v) is 18.6. The van der Waals surface area contributed by atoms with Crippen LogP contribution in [-0.2, 0) is 15.9 Å². The molecular formula is C19H31ClIN3O2. The molecular weight excluding hydrogens is 465 g/mol. The van der Waals surface area contributed by atoms with Crippen LogP contribution in [0.15, 0.2) is 29.3 Å². The molecule has 1 atom stereocenters. The number of ether oxygens (including phenoxy) is 2. The van der Waals surface area contributed by atoms with Crippen LogP contribution in [0.5, 0.6) is 0 Å². The molecule has 148 valence electrons. The van der Waals surface area contributed by atoms with Crippen molar-refractivity contribution in [1.29, 1.82) is 0 Å². The third-order valence-corrected chi connectivity index (χ3v) is 4.45. The van der Waals surface area contributed by atoms with Gasteiger partial charge >= 0.3 is 0 Å². The van der Waals surface area contributed by atoms with Crippen molar-refractivity contribution < 1.29 is 9.47 Å². The third kappa shape index (κ3) is 9.39. The maximum absolute atomic E-state index is 6.18. The second-order valence-corrected chi connectivity index (χ2v) is 6.59. The van der Waals surface area contributed by atoms with E-state index in [0.717, 1.165) is 81.9 Å². The highest BCUT2D eigenvalue weighted by Crippen LogP contribution is 2.14. The fourth-order valence-electron chi connectivity index (χ4n) is 2.68. The number of rotatable bonds is 10. The number of hydrogen-bond acceptors (Lipinski definition) is 3. The molecule has 1 unspecified atom stereocenters. The lowest BCUT2D eigenvalue weighted by Crippen LogP contribution is -2.38. The van der Waals surface area contributed by atoms with Crippen molar-refractivity contribution in [2.24, 2.45) is 10.9 Å². The van der Waals surface area contributed by atoms with Gasteiger partial charge in [0.25, 0.3) is 0 Å². The Morgan fingerprint density at radius 3 is 2.92 bits per heavy atom. The molecule has 0 amide bonds. The van der Waals surface area contributed by atoms with Gasteiger partial charge in [0.2, 0.25) is 0 Å². The Bertz CT molecular complexity index is 525. The molecule has 1 saturated heterocycles. The van der Waals surface area contributed by atoms with Crippen LogP contribution in [0.25, 0.3) is 0 Å². The molecule has 1 aromatic carbocycles. The molecule has 2 N–H and O–H groups in total. The Morgan fingerprint density at radius 2 is 2.19 bits per heavy atom. The zero-order valence-electron chi connectivity index (χ0n) is 15.5. The summed E-state index contributed by atoms with van der Waals surface area (Å²) in [5.41, 5.74) is 1.15. The summed E-state index contributed by atoms with van der Waals surface area (Å²) in [5, 5.41) is 7.44. The minimum absolute atomic E-state index is 0. The summed E-state index contributed by atoms with van der Waals surface area (Å²) < 4.78 is 11.1. The predicted octanol–water partition coefficient (Wildman–Crippen LogP) is 3.50. The smallest absolute Gasteiger partial charge is 0.191 e. The molecule has 1 aromatic rings. The minimum Gasteiger partial charge on any atom is -0.381 e. The number of halogens is 2. The monoisotopic (exact) mass is 495 g/mol. The molecule has 0 radical (unpaired) electrons. The first-order valence-electron chi connectivity index (χ1n) is 9.20. The van der Waals surface area contributed by atoms with E-state index in [4.69, 9.17) is 21.1 Å².